The minimum Gasteiger partial charge on any atom is -0.494 e. The van der Waals surface area contributed by atoms with Crippen LogP contribution in [0.3, 0.4) is 0 Å². The van der Waals surface area contributed by atoms with E-state index in [1.807, 2.05) is 6.92 Å². The Bertz CT molecular complexity index is 601. The Labute approximate surface area is 125 Å². The van der Waals surface area contributed by atoms with Gasteiger partial charge in [0.2, 0.25) is 10.0 Å². The second kappa shape index (κ2) is 5.26. The number of sulfonamides is 1. The van der Waals surface area contributed by atoms with Gasteiger partial charge in [0.05, 0.1) is 17.1 Å². The molecule has 0 atom stereocenters. The maximum Gasteiger partial charge on any atom is 0.243 e. The molecule has 1 saturated carbocycles. The molecule has 2 fully saturated rings. The molecule has 0 spiro atoms. The zero-order valence-electron chi connectivity index (χ0n) is 12.2. The van der Waals surface area contributed by atoms with E-state index in [0.29, 0.717) is 12.4 Å². The van der Waals surface area contributed by atoms with Gasteiger partial charge in [0, 0.05) is 13.1 Å². The standard InChI is InChI=1S/C15H21NO4S/c1-2-9-20-13-5-7-14(8-6-13)21(18,19)16-10-15(17,11-16)12-3-4-12/h5-8,12,17H,2-4,9-11H2,1H3. The van der Waals surface area contributed by atoms with Crippen LogP contribution in [-0.4, -0.2) is 43.1 Å². The summed E-state index contributed by atoms with van der Waals surface area (Å²) in [6.07, 6.45) is 2.93. The summed E-state index contributed by atoms with van der Waals surface area (Å²) in [5.74, 6) is 0.961. The molecule has 1 heterocycles. The lowest BCUT2D eigenvalue weighted by Crippen LogP contribution is -2.64. The summed E-state index contributed by atoms with van der Waals surface area (Å²) < 4.78 is 31.7. The third-order valence-corrected chi connectivity index (χ3v) is 5.98. The van der Waals surface area contributed by atoms with Gasteiger partial charge in [-0.05, 0) is 49.4 Å². The lowest BCUT2D eigenvalue weighted by atomic mass is 9.91. The molecule has 6 heteroatoms. The zero-order valence-corrected chi connectivity index (χ0v) is 13.0. The fourth-order valence-corrected chi connectivity index (χ4v) is 4.26. The van der Waals surface area contributed by atoms with E-state index in [2.05, 4.69) is 0 Å². The highest BCUT2D eigenvalue weighted by Gasteiger charge is 2.55. The van der Waals surface area contributed by atoms with Crippen LogP contribution in [0.15, 0.2) is 29.2 Å². The molecule has 1 aromatic carbocycles. The average Bonchev–Trinajstić information content (AvgIpc) is 3.27. The fraction of sp³-hybridized carbons (Fsp3) is 0.600. The molecule has 1 aromatic rings. The van der Waals surface area contributed by atoms with Gasteiger partial charge in [0.25, 0.3) is 0 Å². The Kier molecular flexibility index (Phi) is 3.71. The molecule has 1 N–H and O–H groups in total. The maximum atomic E-state index is 12.4. The summed E-state index contributed by atoms with van der Waals surface area (Å²) in [4.78, 5) is 0.254. The minimum atomic E-state index is -3.50. The molecule has 116 valence electrons. The SMILES string of the molecule is CCCOc1ccc(S(=O)(=O)N2CC(O)(C3CC3)C2)cc1. The van der Waals surface area contributed by atoms with Gasteiger partial charge < -0.3 is 9.84 Å². The second-order valence-corrected chi connectivity index (χ2v) is 7.91. The van der Waals surface area contributed by atoms with Crippen LogP contribution < -0.4 is 4.74 Å². The third kappa shape index (κ3) is 2.80. The van der Waals surface area contributed by atoms with Crippen LogP contribution in [0.2, 0.25) is 0 Å². The van der Waals surface area contributed by atoms with E-state index in [1.54, 1.807) is 24.3 Å². The van der Waals surface area contributed by atoms with Crippen LogP contribution in [0.5, 0.6) is 5.75 Å². The number of hydrogen-bond acceptors (Lipinski definition) is 4. The number of aliphatic hydroxyl groups is 1. The predicted octanol–water partition coefficient (Wildman–Crippen LogP) is 1.62. The largest absolute Gasteiger partial charge is 0.494 e. The van der Waals surface area contributed by atoms with Gasteiger partial charge in [-0.25, -0.2) is 8.42 Å². The number of rotatable bonds is 6. The van der Waals surface area contributed by atoms with Crippen LogP contribution in [0.25, 0.3) is 0 Å². The molecule has 0 amide bonds. The van der Waals surface area contributed by atoms with Crippen molar-refractivity contribution < 1.29 is 18.3 Å². The molecule has 0 bridgehead atoms. The van der Waals surface area contributed by atoms with E-state index >= 15 is 0 Å². The lowest BCUT2D eigenvalue weighted by molar-refractivity contribution is -0.0764. The van der Waals surface area contributed by atoms with Gasteiger partial charge in [-0.3, -0.25) is 0 Å². The minimum absolute atomic E-state index is 0.216. The lowest BCUT2D eigenvalue weighted by Gasteiger charge is -2.45. The van der Waals surface area contributed by atoms with Crippen molar-refractivity contribution in [2.45, 2.75) is 36.7 Å². The fourth-order valence-electron chi connectivity index (χ4n) is 2.69. The molecule has 0 aromatic heterocycles. The first kappa shape index (κ1) is 14.8. The van der Waals surface area contributed by atoms with E-state index in [-0.39, 0.29) is 23.9 Å². The van der Waals surface area contributed by atoms with Gasteiger partial charge in [-0.15, -0.1) is 0 Å². The number of benzene rings is 1. The first-order valence-electron chi connectivity index (χ1n) is 7.41. The summed E-state index contributed by atoms with van der Waals surface area (Å²) in [7, 11) is -3.50. The molecule has 1 aliphatic carbocycles. The molecule has 0 unspecified atom stereocenters. The normalized spacial score (nSPS) is 21.8. The quantitative estimate of drug-likeness (QED) is 0.867. The van der Waals surface area contributed by atoms with Crippen LogP contribution in [0.4, 0.5) is 0 Å². The second-order valence-electron chi connectivity index (χ2n) is 5.97. The zero-order chi connectivity index (χ0) is 15.1. The van der Waals surface area contributed by atoms with Gasteiger partial charge in [-0.2, -0.15) is 4.31 Å². The van der Waals surface area contributed by atoms with E-state index < -0.39 is 15.6 Å². The van der Waals surface area contributed by atoms with Crippen molar-refractivity contribution >= 4 is 10.0 Å². The Morgan fingerprint density at radius 3 is 2.43 bits per heavy atom. The predicted molar refractivity (Wildman–Crippen MR) is 78.7 cm³/mol. The van der Waals surface area contributed by atoms with E-state index in [0.717, 1.165) is 19.3 Å². The molecular formula is C15H21NO4S. The molecular weight excluding hydrogens is 290 g/mol. The number of hydrogen-bond donors (Lipinski definition) is 1. The maximum absolute atomic E-state index is 12.4. The van der Waals surface area contributed by atoms with E-state index in [4.69, 9.17) is 4.74 Å². The summed E-state index contributed by atoms with van der Waals surface area (Å²) in [5, 5.41) is 10.2. The van der Waals surface area contributed by atoms with E-state index in [1.165, 1.54) is 4.31 Å². The van der Waals surface area contributed by atoms with Crippen LogP contribution in [-0.2, 0) is 10.0 Å². The summed E-state index contributed by atoms with van der Waals surface area (Å²) in [6.45, 7) is 3.07. The number of nitrogens with zero attached hydrogens (tertiary/aromatic N) is 1. The first-order valence-corrected chi connectivity index (χ1v) is 8.85. The monoisotopic (exact) mass is 311 g/mol. The Hall–Kier alpha value is -1.11. The van der Waals surface area contributed by atoms with Crippen LogP contribution in [0.1, 0.15) is 26.2 Å². The Balaban J connectivity index is 1.68. The molecule has 5 nitrogen and oxygen atoms in total. The van der Waals surface area contributed by atoms with Crippen LogP contribution in [0, 0.1) is 5.92 Å². The first-order chi connectivity index (χ1) is 9.95. The van der Waals surface area contributed by atoms with Crippen molar-refractivity contribution in [3.05, 3.63) is 24.3 Å². The van der Waals surface area contributed by atoms with Gasteiger partial charge in [0.15, 0.2) is 0 Å². The van der Waals surface area contributed by atoms with Gasteiger partial charge in [0.1, 0.15) is 5.75 Å². The Morgan fingerprint density at radius 1 is 1.29 bits per heavy atom. The summed E-state index contributed by atoms with van der Waals surface area (Å²) in [6, 6.07) is 6.48. The topological polar surface area (TPSA) is 66.8 Å². The molecule has 0 radical (unpaired) electrons. The highest BCUT2D eigenvalue weighted by atomic mass is 32.2. The van der Waals surface area contributed by atoms with Crippen molar-refractivity contribution in [3.63, 3.8) is 0 Å². The smallest absolute Gasteiger partial charge is 0.243 e. The third-order valence-electron chi connectivity index (χ3n) is 4.17. The van der Waals surface area contributed by atoms with Gasteiger partial charge >= 0.3 is 0 Å². The molecule has 3 rings (SSSR count). The van der Waals surface area contributed by atoms with Crippen molar-refractivity contribution in [3.8, 4) is 5.75 Å². The van der Waals surface area contributed by atoms with Crippen molar-refractivity contribution in [2.75, 3.05) is 19.7 Å². The van der Waals surface area contributed by atoms with Crippen molar-refractivity contribution in [1.82, 2.24) is 4.31 Å². The number of ether oxygens (including phenoxy) is 1. The highest BCUT2D eigenvalue weighted by molar-refractivity contribution is 7.89. The molecule has 21 heavy (non-hydrogen) atoms. The van der Waals surface area contributed by atoms with Gasteiger partial charge in [-0.1, -0.05) is 6.92 Å². The van der Waals surface area contributed by atoms with Crippen LogP contribution >= 0.6 is 0 Å². The summed E-state index contributed by atoms with van der Waals surface area (Å²) >= 11 is 0. The van der Waals surface area contributed by atoms with E-state index in [9.17, 15) is 13.5 Å². The molecule has 1 aliphatic heterocycles. The molecule has 1 saturated heterocycles. The number of β-amino-alcohol motifs (C(OH)–C–C–N with tert-alkyl or cyclic N) is 1. The summed E-state index contributed by atoms with van der Waals surface area (Å²) in [5.41, 5.74) is -0.794. The van der Waals surface area contributed by atoms with Crippen molar-refractivity contribution in [1.29, 1.82) is 0 Å². The Morgan fingerprint density at radius 2 is 1.90 bits per heavy atom. The average molecular weight is 311 g/mol. The molecule has 2 aliphatic rings. The highest BCUT2D eigenvalue weighted by Crippen LogP contribution is 2.45. The van der Waals surface area contributed by atoms with Crippen molar-refractivity contribution in [2.24, 2.45) is 5.92 Å².